The van der Waals surface area contributed by atoms with Crippen molar-refractivity contribution < 1.29 is 8.42 Å². The molecule has 0 bridgehead atoms. The summed E-state index contributed by atoms with van der Waals surface area (Å²) in [7, 11) is -2.01. The third kappa shape index (κ3) is 4.46. The summed E-state index contributed by atoms with van der Waals surface area (Å²) < 4.78 is 25.7. The molecular weight excluding hydrogens is 324 g/mol. The van der Waals surface area contributed by atoms with Crippen LogP contribution in [0.15, 0.2) is 23.2 Å². The van der Waals surface area contributed by atoms with Crippen molar-refractivity contribution in [3.63, 3.8) is 0 Å². The minimum Gasteiger partial charge on any atom is -0.367 e. The number of pyridine rings is 1. The topological polar surface area (TPSA) is 74.3 Å². The smallest absolute Gasteiger partial charge is 0.241 e. The van der Waals surface area contributed by atoms with E-state index >= 15 is 0 Å². The molecule has 2 N–H and O–H groups in total. The van der Waals surface area contributed by atoms with E-state index < -0.39 is 10.0 Å². The number of aromatic nitrogens is 1. The van der Waals surface area contributed by atoms with Crippen LogP contribution in [0, 0.1) is 5.92 Å². The molecule has 1 saturated heterocycles. The Hall–Kier alpha value is -1.18. The molecule has 1 aromatic rings. The van der Waals surface area contributed by atoms with Gasteiger partial charge in [-0.3, -0.25) is 0 Å². The second kappa shape index (κ2) is 7.80. The van der Waals surface area contributed by atoms with Gasteiger partial charge in [-0.25, -0.2) is 18.1 Å². The number of rotatable bonds is 6. The molecule has 6 nitrogen and oxygen atoms in total. The molecule has 2 heterocycles. The van der Waals surface area contributed by atoms with Crippen LogP contribution in [-0.4, -0.2) is 51.0 Å². The Morgan fingerprint density at radius 3 is 2.46 bits per heavy atom. The molecule has 2 aliphatic rings. The van der Waals surface area contributed by atoms with Crippen molar-refractivity contribution >= 4 is 15.8 Å². The van der Waals surface area contributed by atoms with Gasteiger partial charge in [0, 0.05) is 31.9 Å². The van der Waals surface area contributed by atoms with E-state index in [1.54, 1.807) is 12.1 Å². The number of nitrogens with zero attached hydrogens (tertiary/aromatic N) is 2. The van der Waals surface area contributed by atoms with E-state index in [9.17, 15) is 8.42 Å². The lowest BCUT2D eigenvalue weighted by molar-refractivity contribution is 0.189. The third-order valence-corrected chi connectivity index (χ3v) is 6.65. The molecule has 1 saturated carbocycles. The quantitative estimate of drug-likeness (QED) is 0.820. The fourth-order valence-corrected chi connectivity index (χ4v) is 4.44. The van der Waals surface area contributed by atoms with Gasteiger partial charge in [-0.1, -0.05) is 12.8 Å². The summed E-state index contributed by atoms with van der Waals surface area (Å²) in [6, 6.07) is 3.76. The van der Waals surface area contributed by atoms with E-state index in [-0.39, 0.29) is 4.90 Å². The summed E-state index contributed by atoms with van der Waals surface area (Å²) in [5.74, 6) is 1.66. The van der Waals surface area contributed by atoms with Gasteiger partial charge in [0.05, 0.1) is 0 Å². The zero-order chi connectivity index (χ0) is 17.0. The largest absolute Gasteiger partial charge is 0.367 e. The fraction of sp³-hybridized carbons (Fsp3) is 0.706. The maximum atomic E-state index is 11.7. The minimum absolute atomic E-state index is 0.196. The van der Waals surface area contributed by atoms with Crippen LogP contribution in [0.4, 0.5) is 5.82 Å². The van der Waals surface area contributed by atoms with Crippen LogP contribution in [0.3, 0.4) is 0 Å². The van der Waals surface area contributed by atoms with Gasteiger partial charge in [-0.2, -0.15) is 0 Å². The van der Waals surface area contributed by atoms with Crippen molar-refractivity contribution in [2.45, 2.75) is 49.5 Å². The van der Waals surface area contributed by atoms with Gasteiger partial charge in [0.15, 0.2) is 0 Å². The van der Waals surface area contributed by atoms with Crippen molar-refractivity contribution in [3.05, 3.63) is 18.3 Å². The first-order valence-corrected chi connectivity index (χ1v) is 10.4. The predicted molar refractivity (Wildman–Crippen MR) is 95.5 cm³/mol. The van der Waals surface area contributed by atoms with E-state index in [0.29, 0.717) is 6.04 Å². The molecule has 0 aromatic carbocycles. The van der Waals surface area contributed by atoms with Gasteiger partial charge in [-0.05, 0) is 50.8 Å². The van der Waals surface area contributed by atoms with Gasteiger partial charge in [0.1, 0.15) is 10.7 Å². The molecule has 0 unspecified atom stereocenters. The second-order valence-electron chi connectivity index (χ2n) is 6.96. The number of anilines is 1. The molecule has 0 radical (unpaired) electrons. The summed E-state index contributed by atoms with van der Waals surface area (Å²) in [4.78, 5) is 7.04. The van der Waals surface area contributed by atoms with Gasteiger partial charge in [0.2, 0.25) is 10.0 Å². The molecule has 1 aliphatic heterocycles. The Morgan fingerprint density at radius 2 is 1.88 bits per heavy atom. The Labute approximate surface area is 145 Å². The van der Waals surface area contributed by atoms with Crippen molar-refractivity contribution in [2.75, 3.05) is 32.0 Å². The Morgan fingerprint density at radius 1 is 1.17 bits per heavy atom. The second-order valence-corrected chi connectivity index (χ2v) is 8.84. The molecule has 0 spiro atoms. The van der Waals surface area contributed by atoms with Crippen LogP contribution in [0.5, 0.6) is 0 Å². The van der Waals surface area contributed by atoms with Gasteiger partial charge in [-0.15, -0.1) is 0 Å². The van der Waals surface area contributed by atoms with Crippen LogP contribution < -0.4 is 10.0 Å². The highest BCUT2D eigenvalue weighted by Gasteiger charge is 2.23. The molecule has 24 heavy (non-hydrogen) atoms. The van der Waals surface area contributed by atoms with E-state index in [1.165, 1.54) is 45.5 Å². The van der Waals surface area contributed by atoms with Crippen molar-refractivity contribution in [2.24, 2.45) is 5.92 Å². The van der Waals surface area contributed by atoms with Gasteiger partial charge >= 0.3 is 0 Å². The van der Waals surface area contributed by atoms with Crippen LogP contribution in [0.2, 0.25) is 0 Å². The SMILES string of the molecule is CNS(=O)(=O)c1ccc(NC2CCN(CC3CCCC3)CC2)nc1. The molecular formula is C17H28N4O2S. The van der Waals surface area contributed by atoms with Gasteiger partial charge < -0.3 is 10.2 Å². The Kier molecular flexibility index (Phi) is 5.73. The lowest BCUT2D eigenvalue weighted by Crippen LogP contribution is -2.41. The minimum atomic E-state index is -3.41. The van der Waals surface area contributed by atoms with E-state index in [1.807, 2.05) is 0 Å². The number of likely N-dealkylation sites (tertiary alicyclic amines) is 1. The Bertz CT molecular complexity index is 618. The summed E-state index contributed by atoms with van der Waals surface area (Å²) in [6.07, 6.45) is 9.27. The lowest BCUT2D eigenvalue weighted by atomic mass is 10.0. The average molecular weight is 353 g/mol. The third-order valence-electron chi connectivity index (χ3n) is 5.25. The molecule has 1 aliphatic carbocycles. The molecule has 3 rings (SSSR count). The number of hydrogen-bond donors (Lipinski definition) is 2. The van der Waals surface area contributed by atoms with Crippen LogP contribution in [-0.2, 0) is 10.0 Å². The number of piperidine rings is 1. The summed E-state index contributed by atoms with van der Waals surface area (Å²) in [5.41, 5.74) is 0. The van der Waals surface area contributed by atoms with E-state index in [4.69, 9.17) is 0 Å². The maximum absolute atomic E-state index is 11.7. The first-order valence-electron chi connectivity index (χ1n) is 8.95. The van der Waals surface area contributed by atoms with Crippen LogP contribution in [0.25, 0.3) is 0 Å². The lowest BCUT2D eigenvalue weighted by Gasteiger charge is -2.34. The highest BCUT2D eigenvalue weighted by Crippen LogP contribution is 2.26. The monoisotopic (exact) mass is 352 g/mol. The standard InChI is InChI=1S/C17H28N4O2S/c1-18-24(22,23)16-6-7-17(19-12-16)20-15-8-10-21(11-9-15)13-14-4-2-3-5-14/h6-7,12,14-15,18H,2-5,8-11,13H2,1H3,(H,19,20). The summed E-state index contributed by atoms with van der Waals surface area (Å²) in [5, 5.41) is 3.44. The van der Waals surface area contributed by atoms with Gasteiger partial charge in [0.25, 0.3) is 0 Å². The highest BCUT2D eigenvalue weighted by atomic mass is 32.2. The van der Waals surface area contributed by atoms with E-state index in [0.717, 1.165) is 37.7 Å². The number of nitrogens with one attached hydrogen (secondary N) is 2. The predicted octanol–water partition coefficient (Wildman–Crippen LogP) is 2.06. The van der Waals surface area contributed by atoms with Crippen molar-refractivity contribution in [1.29, 1.82) is 0 Å². The maximum Gasteiger partial charge on any atom is 0.241 e. The van der Waals surface area contributed by atoms with Crippen molar-refractivity contribution in [3.8, 4) is 0 Å². The van der Waals surface area contributed by atoms with E-state index in [2.05, 4.69) is 19.9 Å². The fourth-order valence-electron chi connectivity index (χ4n) is 3.77. The number of hydrogen-bond acceptors (Lipinski definition) is 5. The normalized spacial score (nSPS) is 21.2. The first kappa shape index (κ1) is 17.6. The first-order chi connectivity index (χ1) is 11.6. The van der Waals surface area contributed by atoms with Crippen molar-refractivity contribution in [1.82, 2.24) is 14.6 Å². The van der Waals surface area contributed by atoms with Crippen LogP contribution in [0.1, 0.15) is 38.5 Å². The highest BCUT2D eigenvalue weighted by molar-refractivity contribution is 7.89. The molecule has 0 atom stereocenters. The number of sulfonamides is 1. The zero-order valence-electron chi connectivity index (χ0n) is 14.4. The average Bonchev–Trinajstić information content (AvgIpc) is 3.10. The van der Waals surface area contributed by atoms with Crippen LogP contribution >= 0.6 is 0 Å². The molecule has 1 aromatic heterocycles. The molecule has 2 fully saturated rings. The Balaban J connectivity index is 1.47. The molecule has 0 amide bonds. The zero-order valence-corrected chi connectivity index (χ0v) is 15.2. The summed E-state index contributed by atoms with van der Waals surface area (Å²) >= 11 is 0. The molecule has 7 heteroatoms. The summed E-state index contributed by atoms with van der Waals surface area (Å²) in [6.45, 7) is 3.54. The molecule has 134 valence electrons.